The van der Waals surface area contributed by atoms with E-state index in [0.29, 0.717) is 17.1 Å². The van der Waals surface area contributed by atoms with Crippen LogP contribution in [0.5, 0.6) is 17.2 Å². The standard InChI is InChI=1S/C24H21NO8S/c1-15-7-3-5-9-18(15)25(13-22(26)27)34(29,30)21-10-6-4-8-17(21)23(28)16-11-19(31-2)24-20(12-16)32-14-33-24/h3-12H,13-14H2,1-2H3,(H,26,27). The summed E-state index contributed by atoms with van der Waals surface area (Å²) in [5.74, 6) is -1.01. The number of anilines is 1. The Morgan fingerprint density at radius 1 is 1.06 bits per heavy atom. The van der Waals surface area contributed by atoms with Crippen molar-refractivity contribution in [3.63, 3.8) is 0 Å². The van der Waals surface area contributed by atoms with Gasteiger partial charge in [0.1, 0.15) is 6.54 Å². The molecule has 0 aliphatic carbocycles. The first-order chi connectivity index (χ1) is 16.2. The van der Waals surface area contributed by atoms with Crippen LogP contribution in [0.1, 0.15) is 21.5 Å². The predicted molar refractivity (Wildman–Crippen MR) is 122 cm³/mol. The molecule has 0 saturated heterocycles. The Bertz CT molecular complexity index is 1380. The molecule has 3 aromatic rings. The van der Waals surface area contributed by atoms with Crippen LogP contribution in [0.2, 0.25) is 0 Å². The molecule has 0 radical (unpaired) electrons. The molecule has 1 aliphatic rings. The summed E-state index contributed by atoms with van der Waals surface area (Å²) >= 11 is 0. The van der Waals surface area contributed by atoms with E-state index in [9.17, 15) is 23.1 Å². The molecular formula is C24H21NO8S. The van der Waals surface area contributed by atoms with E-state index < -0.39 is 28.3 Å². The van der Waals surface area contributed by atoms with E-state index in [1.807, 2.05) is 0 Å². The molecule has 4 rings (SSSR count). The Morgan fingerprint density at radius 2 is 1.76 bits per heavy atom. The quantitative estimate of drug-likeness (QED) is 0.485. The number of ketones is 1. The maximum atomic E-state index is 13.7. The second-order valence-electron chi connectivity index (χ2n) is 7.43. The summed E-state index contributed by atoms with van der Waals surface area (Å²) in [6.07, 6.45) is 0. The molecule has 1 N–H and O–H groups in total. The fraction of sp³-hybridized carbons (Fsp3) is 0.167. The zero-order chi connectivity index (χ0) is 24.5. The number of hydrogen-bond acceptors (Lipinski definition) is 7. The van der Waals surface area contributed by atoms with Gasteiger partial charge in [0.2, 0.25) is 12.5 Å². The predicted octanol–water partition coefficient (Wildman–Crippen LogP) is 3.24. The highest BCUT2D eigenvalue weighted by Crippen LogP contribution is 2.42. The van der Waals surface area contributed by atoms with Crippen LogP contribution >= 0.6 is 0 Å². The number of fused-ring (bicyclic) bond motifs is 1. The molecule has 176 valence electrons. The van der Waals surface area contributed by atoms with E-state index in [1.54, 1.807) is 25.1 Å². The van der Waals surface area contributed by atoms with Gasteiger partial charge >= 0.3 is 5.97 Å². The minimum atomic E-state index is -4.44. The number of carboxylic acids is 1. The number of carbonyl (C=O) groups is 2. The van der Waals surface area contributed by atoms with Crippen molar-refractivity contribution < 1.29 is 37.3 Å². The second-order valence-corrected chi connectivity index (χ2v) is 9.26. The van der Waals surface area contributed by atoms with Crippen LogP contribution < -0.4 is 18.5 Å². The molecule has 10 heteroatoms. The first-order valence-corrected chi connectivity index (χ1v) is 11.6. The lowest BCUT2D eigenvalue weighted by atomic mass is 10.0. The Labute approximate surface area is 196 Å². The van der Waals surface area contributed by atoms with Crippen LogP contribution in [0.15, 0.2) is 65.6 Å². The van der Waals surface area contributed by atoms with Crippen molar-refractivity contribution >= 4 is 27.5 Å². The first kappa shape index (κ1) is 23.1. The summed E-state index contributed by atoms with van der Waals surface area (Å²) < 4.78 is 44.3. The number of rotatable bonds is 8. The van der Waals surface area contributed by atoms with Crippen molar-refractivity contribution in [1.82, 2.24) is 0 Å². The van der Waals surface area contributed by atoms with Crippen LogP contribution in [0.4, 0.5) is 5.69 Å². The molecule has 9 nitrogen and oxygen atoms in total. The van der Waals surface area contributed by atoms with Crippen molar-refractivity contribution in [2.45, 2.75) is 11.8 Å². The number of methoxy groups -OCH3 is 1. The highest BCUT2D eigenvalue weighted by Gasteiger charge is 2.32. The summed E-state index contributed by atoms with van der Waals surface area (Å²) in [5, 5.41) is 9.44. The smallest absolute Gasteiger partial charge is 0.324 e. The van der Waals surface area contributed by atoms with Gasteiger partial charge in [-0.2, -0.15) is 0 Å². The van der Waals surface area contributed by atoms with Gasteiger partial charge in [-0.15, -0.1) is 0 Å². The lowest BCUT2D eigenvalue weighted by Gasteiger charge is -2.25. The molecule has 0 bridgehead atoms. The summed E-state index contributed by atoms with van der Waals surface area (Å²) in [6.45, 7) is 0.831. The van der Waals surface area contributed by atoms with Gasteiger partial charge in [-0.1, -0.05) is 30.3 Å². The van der Waals surface area contributed by atoms with Gasteiger partial charge in [0, 0.05) is 11.1 Å². The molecule has 0 aromatic heterocycles. The van der Waals surface area contributed by atoms with Gasteiger partial charge in [0.15, 0.2) is 17.3 Å². The fourth-order valence-electron chi connectivity index (χ4n) is 3.68. The number of ether oxygens (including phenoxy) is 3. The van der Waals surface area contributed by atoms with E-state index in [-0.39, 0.29) is 34.3 Å². The fourth-order valence-corrected chi connectivity index (χ4v) is 5.35. The normalized spacial score (nSPS) is 12.3. The summed E-state index contributed by atoms with van der Waals surface area (Å²) in [6, 6.07) is 15.1. The Hall–Kier alpha value is -4.05. The number of benzene rings is 3. The van der Waals surface area contributed by atoms with Crippen LogP contribution in [-0.2, 0) is 14.8 Å². The van der Waals surface area contributed by atoms with E-state index in [4.69, 9.17) is 14.2 Å². The largest absolute Gasteiger partial charge is 0.493 e. The zero-order valence-corrected chi connectivity index (χ0v) is 19.2. The van der Waals surface area contributed by atoms with Crippen molar-refractivity contribution in [3.05, 3.63) is 77.4 Å². The van der Waals surface area contributed by atoms with Gasteiger partial charge in [-0.05, 0) is 42.8 Å². The SMILES string of the molecule is COc1cc(C(=O)c2ccccc2S(=O)(=O)N(CC(=O)O)c2ccccc2C)cc2c1OCO2. The number of carbonyl (C=O) groups excluding carboxylic acids is 1. The van der Waals surface area contributed by atoms with Crippen LogP contribution in [0, 0.1) is 6.92 Å². The molecule has 0 amide bonds. The monoisotopic (exact) mass is 483 g/mol. The number of para-hydroxylation sites is 1. The van der Waals surface area contributed by atoms with Crippen molar-refractivity contribution in [2.24, 2.45) is 0 Å². The Balaban J connectivity index is 1.84. The molecule has 34 heavy (non-hydrogen) atoms. The molecule has 0 spiro atoms. The maximum absolute atomic E-state index is 13.7. The summed E-state index contributed by atoms with van der Waals surface area (Å²) in [4.78, 5) is 24.7. The van der Waals surface area contributed by atoms with Gasteiger partial charge in [-0.25, -0.2) is 8.42 Å². The molecule has 0 unspecified atom stereocenters. The van der Waals surface area contributed by atoms with Crippen molar-refractivity contribution in [3.8, 4) is 17.2 Å². The van der Waals surface area contributed by atoms with E-state index in [2.05, 4.69) is 0 Å². The average Bonchev–Trinajstić information content (AvgIpc) is 3.30. The Kier molecular flexibility index (Phi) is 6.16. The molecule has 3 aromatic carbocycles. The number of carboxylic acid groups (broad SMARTS) is 1. The molecule has 0 fully saturated rings. The third-order valence-corrected chi connectivity index (χ3v) is 7.10. The number of aryl methyl sites for hydroxylation is 1. The van der Waals surface area contributed by atoms with Gasteiger partial charge in [0.05, 0.1) is 17.7 Å². The van der Waals surface area contributed by atoms with Gasteiger partial charge in [0.25, 0.3) is 10.0 Å². The minimum absolute atomic E-state index is 0.0329. The minimum Gasteiger partial charge on any atom is -0.493 e. The zero-order valence-electron chi connectivity index (χ0n) is 18.3. The molecule has 1 aliphatic heterocycles. The topological polar surface area (TPSA) is 119 Å². The average molecular weight is 483 g/mol. The van der Waals surface area contributed by atoms with Crippen LogP contribution in [0.3, 0.4) is 0 Å². The number of aliphatic carboxylic acids is 1. The molecule has 0 atom stereocenters. The first-order valence-electron chi connectivity index (χ1n) is 10.2. The maximum Gasteiger partial charge on any atom is 0.324 e. The van der Waals surface area contributed by atoms with E-state index >= 15 is 0 Å². The highest BCUT2D eigenvalue weighted by molar-refractivity contribution is 7.93. The van der Waals surface area contributed by atoms with Gasteiger partial charge in [-0.3, -0.25) is 13.9 Å². The summed E-state index contributed by atoms with van der Waals surface area (Å²) in [7, 11) is -3.03. The van der Waals surface area contributed by atoms with E-state index in [0.717, 1.165) is 4.31 Å². The van der Waals surface area contributed by atoms with Crippen molar-refractivity contribution in [1.29, 1.82) is 0 Å². The number of nitrogens with zero attached hydrogens (tertiary/aromatic N) is 1. The Morgan fingerprint density at radius 3 is 2.47 bits per heavy atom. The lowest BCUT2D eigenvalue weighted by Crippen LogP contribution is -2.37. The highest BCUT2D eigenvalue weighted by atomic mass is 32.2. The third-order valence-electron chi connectivity index (χ3n) is 5.28. The van der Waals surface area contributed by atoms with Gasteiger partial charge < -0.3 is 19.3 Å². The third kappa shape index (κ3) is 4.15. The molecular weight excluding hydrogens is 462 g/mol. The van der Waals surface area contributed by atoms with E-state index in [1.165, 1.54) is 49.6 Å². The van der Waals surface area contributed by atoms with Crippen LogP contribution in [0.25, 0.3) is 0 Å². The van der Waals surface area contributed by atoms with Crippen molar-refractivity contribution in [2.75, 3.05) is 24.8 Å². The molecule has 0 saturated carbocycles. The van der Waals surface area contributed by atoms with Crippen LogP contribution in [-0.4, -0.2) is 45.7 Å². The molecule has 1 heterocycles. The second kappa shape index (κ2) is 9.06. The number of hydrogen-bond donors (Lipinski definition) is 1. The summed E-state index contributed by atoms with van der Waals surface area (Å²) in [5.41, 5.74) is 0.783. The lowest BCUT2D eigenvalue weighted by molar-refractivity contribution is -0.135. The number of sulfonamides is 1.